The molecule has 0 N–H and O–H groups in total. The molecule has 1 aliphatic heterocycles. The lowest BCUT2D eigenvalue weighted by Crippen LogP contribution is -2.22. The Morgan fingerprint density at radius 2 is 2.00 bits per heavy atom. The first-order valence-corrected chi connectivity index (χ1v) is 9.89. The summed E-state index contributed by atoms with van der Waals surface area (Å²) in [7, 11) is 0. The Morgan fingerprint density at radius 1 is 1.28 bits per heavy atom. The second kappa shape index (κ2) is 7.70. The number of fused-ring (bicyclic) bond motifs is 1. The molecule has 1 fully saturated rings. The highest BCUT2D eigenvalue weighted by molar-refractivity contribution is 5.91. The molecule has 4 rings (SSSR count). The van der Waals surface area contributed by atoms with Gasteiger partial charge in [0.15, 0.2) is 0 Å². The summed E-state index contributed by atoms with van der Waals surface area (Å²) < 4.78 is 11.2. The fourth-order valence-electron chi connectivity index (χ4n) is 4.01. The van der Waals surface area contributed by atoms with Crippen molar-refractivity contribution in [2.75, 3.05) is 6.61 Å². The lowest BCUT2D eigenvalue weighted by Gasteiger charge is -2.19. The molecule has 2 atom stereocenters. The molecule has 0 unspecified atom stereocenters. The lowest BCUT2D eigenvalue weighted by molar-refractivity contribution is -0.385. The van der Waals surface area contributed by atoms with E-state index in [1.54, 1.807) is 13.8 Å². The van der Waals surface area contributed by atoms with Crippen LogP contribution in [0.4, 0.5) is 5.69 Å². The zero-order valence-electron chi connectivity index (χ0n) is 16.5. The summed E-state index contributed by atoms with van der Waals surface area (Å²) in [6.07, 6.45) is 3.42. The normalized spacial score (nSPS) is 20.7. The summed E-state index contributed by atoms with van der Waals surface area (Å²) in [6, 6.07) is 13.4. The minimum absolute atomic E-state index is 0.0572. The molecule has 0 aromatic heterocycles. The third kappa shape index (κ3) is 3.75. The van der Waals surface area contributed by atoms with E-state index in [0.717, 1.165) is 24.0 Å². The number of carbonyl (C=O) groups is 1. The highest BCUT2D eigenvalue weighted by atomic mass is 16.6. The van der Waals surface area contributed by atoms with Crippen LogP contribution in [0, 0.1) is 16.0 Å². The van der Waals surface area contributed by atoms with Crippen LogP contribution in [0.2, 0.25) is 0 Å². The smallest absolute Gasteiger partial charge is 0.331 e. The first-order chi connectivity index (χ1) is 14.0. The number of ether oxygens (including phenoxy) is 2. The second-order valence-corrected chi connectivity index (χ2v) is 7.56. The van der Waals surface area contributed by atoms with Gasteiger partial charge in [-0.15, -0.1) is 0 Å². The minimum atomic E-state index is -0.458. The van der Waals surface area contributed by atoms with Gasteiger partial charge >= 0.3 is 11.7 Å². The van der Waals surface area contributed by atoms with E-state index in [0.29, 0.717) is 22.8 Å². The second-order valence-electron chi connectivity index (χ2n) is 7.56. The Bertz CT molecular complexity index is 978. The highest BCUT2D eigenvalue weighted by Gasteiger charge is 2.47. The molecule has 1 aliphatic carbocycles. The monoisotopic (exact) mass is 393 g/mol. The molecular formula is C23H23NO5. The van der Waals surface area contributed by atoms with Crippen LogP contribution in [0.5, 0.6) is 5.75 Å². The topological polar surface area (TPSA) is 78.7 Å². The molecule has 0 saturated heterocycles. The van der Waals surface area contributed by atoms with Gasteiger partial charge in [0.2, 0.25) is 5.75 Å². The fraction of sp³-hybridized carbons (Fsp3) is 0.348. The summed E-state index contributed by atoms with van der Waals surface area (Å²) in [5.41, 5.74) is 3.09. The van der Waals surface area contributed by atoms with Crippen molar-refractivity contribution in [2.45, 2.75) is 38.7 Å². The number of rotatable bonds is 6. The maximum absolute atomic E-state index is 11.9. The number of hydrogen-bond acceptors (Lipinski definition) is 5. The zero-order chi connectivity index (χ0) is 20.5. The number of nitrogens with zero attached hydrogens (tertiary/aromatic N) is 1. The molecule has 1 saturated carbocycles. The number of carbonyl (C=O) groups excluding carboxylic acids is 1. The van der Waals surface area contributed by atoms with Gasteiger partial charge in [0.05, 0.1) is 17.4 Å². The molecule has 0 bridgehead atoms. The van der Waals surface area contributed by atoms with Crippen molar-refractivity contribution in [1.82, 2.24) is 0 Å². The third-order valence-corrected chi connectivity index (χ3v) is 5.53. The number of nitro groups is 1. The van der Waals surface area contributed by atoms with E-state index in [4.69, 9.17) is 9.47 Å². The average molecular weight is 393 g/mol. The number of allylic oxidation sites excluding steroid dienone is 1. The van der Waals surface area contributed by atoms with Gasteiger partial charge < -0.3 is 9.47 Å². The molecule has 2 aliphatic rings. The van der Waals surface area contributed by atoms with Gasteiger partial charge in [0.25, 0.3) is 0 Å². The lowest BCUT2D eigenvalue weighted by atomic mass is 9.85. The Labute approximate surface area is 169 Å². The Kier molecular flexibility index (Phi) is 5.09. The number of benzene rings is 2. The third-order valence-electron chi connectivity index (χ3n) is 5.53. The van der Waals surface area contributed by atoms with Gasteiger partial charge in [0, 0.05) is 17.7 Å². The predicted octanol–water partition coefficient (Wildman–Crippen LogP) is 4.86. The maximum atomic E-state index is 11.9. The van der Waals surface area contributed by atoms with Crippen LogP contribution in [0.3, 0.4) is 0 Å². The Hall–Kier alpha value is -3.15. The van der Waals surface area contributed by atoms with Crippen LogP contribution in [-0.2, 0) is 9.53 Å². The zero-order valence-corrected chi connectivity index (χ0v) is 16.5. The van der Waals surface area contributed by atoms with E-state index < -0.39 is 10.9 Å². The van der Waals surface area contributed by atoms with E-state index in [1.807, 2.05) is 36.4 Å². The molecule has 2 aromatic rings. The number of esters is 1. The van der Waals surface area contributed by atoms with Crippen LogP contribution in [0.1, 0.15) is 49.3 Å². The van der Waals surface area contributed by atoms with Crippen molar-refractivity contribution in [3.05, 3.63) is 75.3 Å². The van der Waals surface area contributed by atoms with E-state index in [9.17, 15) is 14.9 Å². The fourth-order valence-corrected chi connectivity index (χ4v) is 4.01. The van der Waals surface area contributed by atoms with Gasteiger partial charge in [-0.25, -0.2) is 4.79 Å². The van der Waals surface area contributed by atoms with Crippen LogP contribution >= 0.6 is 0 Å². The highest BCUT2D eigenvalue weighted by Crippen LogP contribution is 2.54. The van der Waals surface area contributed by atoms with Crippen molar-refractivity contribution < 1.29 is 19.2 Å². The predicted molar refractivity (Wildman–Crippen MR) is 109 cm³/mol. The largest absolute Gasteiger partial charge is 0.482 e. The summed E-state index contributed by atoms with van der Waals surface area (Å²) in [5.74, 6) is 0.243. The van der Waals surface area contributed by atoms with Gasteiger partial charge in [-0.3, -0.25) is 10.1 Å². The van der Waals surface area contributed by atoms with Crippen molar-refractivity contribution in [1.29, 1.82) is 0 Å². The van der Waals surface area contributed by atoms with Crippen LogP contribution < -0.4 is 4.74 Å². The van der Waals surface area contributed by atoms with E-state index in [2.05, 4.69) is 0 Å². The van der Waals surface area contributed by atoms with E-state index >= 15 is 0 Å². The summed E-state index contributed by atoms with van der Waals surface area (Å²) >= 11 is 0. The van der Waals surface area contributed by atoms with Crippen LogP contribution in [0.25, 0.3) is 5.57 Å². The molecular weight excluding hydrogens is 370 g/mol. The molecule has 0 radical (unpaired) electrons. The quantitative estimate of drug-likeness (QED) is 0.303. The molecule has 29 heavy (non-hydrogen) atoms. The summed E-state index contributed by atoms with van der Waals surface area (Å²) in [6.45, 7) is 3.77. The molecule has 6 heteroatoms. The Morgan fingerprint density at radius 3 is 2.62 bits per heavy atom. The summed E-state index contributed by atoms with van der Waals surface area (Å²) in [4.78, 5) is 23.3. The number of nitro benzene ring substituents is 1. The van der Waals surface area contributed by atoms with Gasteiger partial charge in [-0.1, -0.05) is 30.3 Å². The molecule has 150 valence electrons. The van der Waals surface area contributed by atoms with Crippen molar-refractivity contribution in [2.24, 2.45) is 5.92 Å². The van der Waals surface area contributed by atoms with Crippen molar-refractivity contribution in [3.8, 4) is 5.75 Å². The first-order valence-electron chi connectivity index (χ1n) is 9.89. The average Bonchev–Trinajstić information content (AvgIpc) is 3.47. The minimum Gasteiger partial charge on any atom is -0.482 e. The van der Waals surface area contributed by atoms with Gasteiger partial charge in [0.1, 0.15) is 6.10 Å². The Balaban J connectivity index is 1.83. The SMILES string of the molecule is CCOC(=O)/C=C(\C)c1cc2c(c([N+](=O)[O-])c1)O[C@H](C1CC1)[C@H]2c1ccccc1. The van der Waals surface area contributed by atoms with Crippen LogP contribution in [0.15, 0.2) is 48.5 Å². The van der Waals surface area contributed by atoms with Crippen molar-refractivity contribution in [3.63, 3.8) is 0 Å². The summed E-state index contributed by atoms with van der Waals surface area (Å²) in [5, 5.41) is 11.8. The van der Waals surface area contributed by atoms with Crippen molar-refractivity contribution >= 4 is 17.2 Å². The standard InChI is InChI=1S/C23H23NO5/c1-3-28-20(25)11-14(2)17-12-18-21(15-7-5-4-6-8-15)22(16-9-10-16)29-23(18)19(13-17)24(26)27/h4-8,11-13,16,21-22H,3,9-10H2,1-2H3/b14-11+/t21-,22+/m0/s1. The van der Waals surface area contributed by atoms with E-state index in [-0.39, 0.29) is 24.3 Å². The van der Waals surface area contributed by atoms with E-state index in [1.165, 1.54) is 12.1 Å². The molecule has 0 amide bonds. The van der Waals surface area contributed by atoms with Crippen LogP contribution in [-0.4, -0.2) is 23.6 Å². The first kappa shape index (κ1) is 19.2. The van der Waals surface area contributed by atoms with Gasteiger partial charge in [-0.2, -0.15) is 0 Å². The van der Waals surface area contributed by atoms with Gasteiger partial charge in [-0.05, 0) is 55.4 Å². The molecule has 0 spiro atoms. The molecule has 6 nitrogen and oxygen atoms in total. The maximum Gasteiger partial charge on any atom is 0.331 e. The molecule has 2 aromatic carbocycles. The molecule has 1 heterocycles. The number of hydrogen-bond donors (Lipinski definition) is 0.